The molecule has 0 saturated heterocycles. The molecule has 0 fully saturated rings. The van der Waals surface area contributed by atoms with Crippen molar-refractivity contribution in [1.82, 2.24) is 9.97 Å². The summed E-state index contributed by atoms with van der Waals surface area (Å²) in [5.41, 5.74) is 0.766. The lowest BCUT2D eigenvalue weighted by Crippen LogP contribution is -2.09. The molecule has 0 amide bonds. The van der Waals surface area contributed by atoms with Crippen LogP contribution in [-0.4, -0.2) is 14.9 Å². The molecule has 1 aromatic carbocycles. The summed E-state index contributed by atoms with van der Waals surface area (Å²) in [4.78, 5) is 17.7. The lowest BCUT2D eigenvalue weighted by atomic mass is 10.1. The molecule has 2 aromatic rings. The number of anilines is 1. The van der Waals surface area contributed by atoms with Crippen LogP contribution in [0.3, 0.4) is 0 Å². The normalized spacial score (nSPS) is 11.9. The first-order valence-corrected chi connectivity index (χ1v) is 5.93. The molecule has 1 aromatic heterocycles. The molecule has 6 nitrogen and oxygen atoms in total. The molecular formula is C12H11ClN4O2. The van der Waals surface area contributed by atoms with Crippen molar-refractivity contribution in [3.63, 3.8) is 0 Å². The molecule has 1 N–H and O–H groups in total. The average molecular weight is 279 g/mol. The summed E-state index contributed by atoms with van der Waals surface area (Å²) in [7, 11) is 0. The van der Waals surface area contributed by atoms with Gasteiger partial charge in [0.1, 0.15) is 12.4 Å². The van der Waals surface area contributed by atoms with Gasteiger partial charge in [-0.3, -0.25) is 10.1 Å². The van der Waals surface area contributed by atoms with Gasteiger partial charge in [-0.05, 0) is 18.6 Å². The van der Waals surface area contributed by atoms with Crippen LogP contribution in [0.4, 0.5) is 11.6 Å². The van der Waals surface area contributed by atoms with Gasteiger partial charge < -0.3 is 5.32 Å². The first-order valence-electron chi connectivity index (χ1n) is 5.55. The number of nitrogens with zero attached hydrogens (tertiary/aromatic N) is 3. The van der Waals surface area contributed by atoms with Crippen molar-refractivity contribution >= 4 is 23.2 Å². The van der Waals surface area contributed by atoms with Crippen molar-refractivity contribution in [3.8, 4) is 0 Å². The minimum Gasteiger partial charge on any atom is -0.348 e. The largest absolute Gasteiger partial charge is 0.348 e. The monoisotopic (exact) mass is 278 g/mol. The first kappa shape index (κ1) is 13.2. The summed E-state index contributed by atoms with van der Waals surface area (Å²) in [5, 5.41) is 14.2. The fourth-order valence-corrected chi connectivity index (χ4v) is 1.89. The lowest BCUT2D eigenvalue weighted by Gasteiger charge is -2.15. The third-order valence-electron chi connectivity index (χ3n) is 2.57. The van der Waals surface area contributed by atoms with Crippen molar-refractivity contribution in [2.24, 2.45) is 0 Å². The van der Waals surface area contributed by atoms with Crippen LogP contribution in [-0.2, 0) is 0 Å². The number of hydrogen-bond donors (Lipinski definition) is 1. The van der Waals surface area contributed by atoms with Crippen molar-refractivity contribution in [1.29, 1.82) is 0 Å². The van der Waals surface area contributed by atoms with Crippen LogP contribution in [0.2, 0.25) is 5.02 Å². The predicted octanol–water partition coefficient (Wildman–Crippen LogP) is 3.21. The molecule has 0 aliphatic heterocycles. The standard InChI is InChI=1S/C12H11ClN4O2/c1-8(10-4-2-3-5-11(10)13)16-12-14-6-9(7-15-12)17(18)19/h2-8H,1H3,(H,14,15,16). The number of nitrogens with one attached hydrogen (secondary N) is 1. The second-order valence-electron chi connectivity index (χ2n) is 3.91. The van der Waals surface area contributed by atoms with Gasteiger partial charge in [-0.1, -0.05) is 29.8 Å². The zero-order valence-corrected chi connectivity index (χ0v) is 10.8. The molecule has 19 heavy (non-hydrogen) atoms. The van der Waals surface area contributed by atoms with Crippen LogP contribution < -0.4 is 5.32 Å². The van der Waals surface area contributed by atoms with Gasteiger partial charge in [-0.2, -0.15) is 0 Å². The SMILES string of the molecule is CC(Nc1ncc([N+](=O)[O-])cn1)c1ccccc1Cl. The first-order chi connectivity index (χ1) is 9.08. The third-order valence-corrected chi connectivity index (χ3v) is 2.91. The highest BCUT2D eigenvalue weighted by Gasteiger charge is 2.11. The Hall–Kier alpha value is -2.21. The highest BCUT2D eigenvalue weighted by atomic mass is 35.5. The van der Waals surface area contributed by atoms with Crippen molar-refractivity contribution in [3.05, 3.63) is 57.4 Å². The fourth-order valence-electron chi connectivity index (χ4n) is 1.59. The lowest BCUT2D eigenvalue weighted by molar-refractivity contribution is -0.385. The molecule has 1 atom stereocenters. The Morgan fingerprint density at radius 3 is 2.53 bits per heavy atom. The van der Waals surface area contributed by atoms with Crippen molar-refractivity contribution < 1.29 is 4.92 Å². The molecule has 0 bridgehead atoms. The molecule has 0 radical (unpaired) electrons. The fraction of sp³-hybridized carbons (Fsp3) is 0.167. The molecule has 0 saturated carbocycles. The summed E-state index contributed by atoms with van der Waals surface area (Å²) in [6.07, 6.45) is 2.32. The summed E-state index contributed by atoms with van der Waals surface area (Å²) in [6.45, 7) is 1.91. The predicted molar refractivity (Wildman–Crippen MR) is 72.2 cm³/mol. The smallest absolute Gasteiger partial charge is 0.305 e. The van der Waals surface area contributed by atoms with Crippen LogP contribution in [0, 0.1) is 10.1 Å². The van der Waals surface area contributed by atoms with Crippen LogP contribution in [0.25, 0.3) is 0 Å². The molecule has 0 spiro atoms. The molecule has 1 unspecified atom stereocenters. The summed E-state index contributed by atoms with van der Waals surface area (Å²) < 4.78 is 0. The van der Waals surface area contributed by atoms with Crippen LogP contribution in [0.15, 0.2) is 36.7 Å². The Balaban J connectivity index is 2.13. The molecule has 2 rings (SSSR count). The van der Waals surface area contributed by atoms with Gasteiger partial charge >= 0.3 is 5.69 Å². The number of halogens is 1. The van der Waals surface area contributed by atoms with Gasteiger partial charge in [0.15, 0.2) is 0 Å². The minimum absolute atomic E-state index is 0.102. The van der Waals surface area contributed by atoms with Gasteiger partial charge in [0.25, 0.3) is 0 Å². The quantitative estimate of drug-likeness (QED) is 0.686. The topological polar surface area (TPSA) is 81.0 Å². The van der Waals surface area contributed by atoms with Gasteiger partial charge in [-0.25, -0.2) is 9.97 Å². The van der Waals surface area contributed by atoms with Crippen LogP contribution in [0.1, 0.15) is 18.5 Å². The van der Waals surface area contributed by atoms with E-state index in [1.54, 1.807) is 6.07 Å². The maximum absolute atomic E-state index is 10.5. The Morgan fingerprint density at radius 2 is 1.95 bits per heavy atom. The molecule has 0 aliphatic rings. The van der Waals surface area contributed by atoms with Gasteiger partial charge in [0, 0.05) is 5.02 Å². The highest BCUT2D eigenvalue weighted by Crippen LogP contribution is 2.24. The molecular weight excluding hydrogens is 268 g/mol. The van der Waals surface area contributed by atoms with E-state index >= 15 is 0 Å². The van der Waals surface area contributed by atoms with Gasteiger partial charge in [-0.15, -0.1) is 0 Å². The number of nitro groups is 1. The molecule has 98 valence electrons. The van der Waals surface area contributed by atoms with E-state index in [1.807, 2.05) is 25.1 Å². The number of rotatable bonds is 4. The Bertz CT molecular complexity index is 589. The summed E-state index contributed by atoms with van der Waals surface area (Å²) >= 11 is 6.08. The van der Waals surface area contributed by atoms with E-state index in [2.05, 4.69) is 15.3 Å². The molecule has 0 aliphatic carbocycles. The van der Waals surface area contributed by atoms with E-state index < -0.39 is 4.92 Å². The zero-order chi connectivity index (χ0) is 13.8. The van der Waals surface area contributed by atoms with Gasteiger partial charge in [0.2, 0.25) is 5.95 Å². The van der Waals surface area contributed by atoms with Gasteiger partial charge in [0.05, 0.1) is 11.0 Å². The van der Waals surface area contributed by atoms with Crippen LogP contribution >= 0.6 is 11.6 Å². The number of benzene rings is 1. The maximum atomic E-state index is 10.5. The van der Waals surface area contributed by atoms with E-state index in [-0.39, 0.29) is 11.7 Å². The van der Waals surface area contributed by atoms with E-state index in [4.69, 9.17) is 11.6 Å². The second-order valence-corrected chi connectivity index (χ2v) is 4.32. The summed E-state index contributed by atoms with van der Waals surface area (Å²) in [5.74, 6) is 0.318. The molecule has 7 heteroatoms. The number of hydrogen-bond acceptors (Lipinski definition) is 5. The highest BCUT2D eigenvalue weighted by molar-refractivity contribution is 6.31. The molecule has 1 heterocycles. The Labute approximate surface area is 114 Å². The second kappa shape index (κ2) is 5.62. The van der Waals surface area contributed by atoms with Crippen molar-refractivity contribution in [2.75, 3.05) is 5.32 Å². The van der Waals surface area contributed by atoms with Crippen LogP contribution in [0.5, 0.6) is 0 Å². The van der Waals surface area contributed by atoms with E-state index in [1.165, 1.54) is 0 Å². The van der Waals surface area contributed by atoms with E-state index in [9.17, 15) is 10.1 Å². The Morgan fingerprint density at radius 1 is 1.32 bits per heavy atom. The minimum atomic E-state index is -0.540. The van der Waals surface area contributed by atoms with E-state index in [0.29, 0.717) is 11.0 Å². The average Bonchev–Trinajstić information content (AvgIpc) is 2.39. The van der Waals surface area contributed by atoms with Crippen molar-refractivity contribution in [2.45, 2.75) is 13.0 Å². The number of aromatic nitrogens is 2. The summed E-state index contributed by atoms with van der Waals surface area (Å²) in [6, 6.07) is 7.32. The maximum Gasteiger partial charge on any atom is 0.305 e. The third kappa shape index (κ3) is 3.17. The zero-order valence-electron chi connectivity index (χ0n) is 10.1. The van der Waals surface area contributed by atoms with E-state index in [0.717, 1.165) is 18.0 Å². The Kier molecular flexibility index (Phi) is 3.91.